The molecule has 2 atom stereocenters. The summed E-state index contributed by atoms with van der Waals surface area (Å²) in [5.74, 6) is 0.819. The quantitative estimate of drug-likeness (QED) is 0.371. The van der Waals surface area contributed by atoms with Gasteiger partial charge in [0.1, 0.15) is 17.6 Å². The number of ether oxygens (including phenoxy) is 1. The lowest BCUT2D eigenvalue weighted by Crippen LogP contribution is -2.29. The Balaban J connectivity index is 1.49. The van der Waals surface area contributed by atoms with Crippen LogP contribution in [0.3, 0.4) is 0 Å². The highest BCUT2D eigenvalue weighted by atomic mass is 16.5. The molecule has 0 bridgehead atoms. The summed E-state index contributed by atoms with van der Waals surface area (Å²) < 4.78 is 11.2. The summed E-state index contributed by atoms with van der Waals surface area (Å²) >= 11 is 0. The molecule has 1 aliphatic carbocycles. The molecular weight excluding hydrogens is 452 g/mol. The zero-order valence-electron chi connectivity index (χ0n) is 20.1. The van der Waals surface area contributed by atoms with Crippen LogP contribution >= 0.6 is 0 Å². The third-order valence-corrected chi connectivity index (χ3v) is 7.16. The van der Waals surface area contributed by atoms with E-state index in [4.69, 9.17) is 9.15 Å². The van der Waals surface area contributed by atoms with Crippen molar-refractivity contribution >= 4 is 28.1 Å². The molecule has 1 aromatic heterocycles. The summed E-state index contributed by atoms with van der Waals surface area (Å²) in [6.07, 6.45) is 2.51. The minimum Gasteiger partial charge on any atom is -0.497 e. The van der Waals surface area contributed by atoms with E-state index in [2.05, 4.69) is 10.6 Å². The van der Waals surface area contributed by atoms with E-state index in [1.807, 2.05) is 73.7 Å². The lowest BCUT2D eigenvalue weighted by atomic mass is 9.78. The average Bonchev–Trinajstić information content (AvgIpc) is 3.06. The number of nitrogens with one attached hydrogen (secondary N) is 2. The number of anilines is 2. The number of allylic oxidation sites excluding steroid dienone is 1. The van der Waals surface area contributed by atoms with E-state index in [1.54, 1.807) is 7.11 Å². The van der Waals surface area contributed by atoms with Gasteiger partial charge in [-0.3, -0.25) is 9.59 Å². The molecule has 180 valence electrons. The van der Waals surface area contributed by atoms with Gasteiger partial charge >= 0.3 is 0 Å². The van der Waals surface area contributed by atoms with E-state index >= 15 is 0 Å². The fourth-order valence-electron chi connectivity index (χ4n) is 5.30. The van der Waals surface area contributed by atoms with Gasteiger partial charge in [-0.25, -0.2) is 0 Å². The van der Waals surface area contributed by atoms with Gasteiger partial charge in [-0.15, -0.1) is 0 Å². The Bertz CT molecular complexity index is 1580. The Hall–Kier alpha value is -4.32. The van der Waals surface area contributed by atoms with Crippen molar-refractivity contribution in [3.63, 3.8) is 0 Å². The summed E-state index contributed by atoms with van der Waals surface area (Å²) in [7, 11) is 1.64. The van der Waals surface area contributed by atoms with Gasteiger partial charge in [-0.2, -0.15) is 0 Å². The number of aryl methyl sites for hydroxylation is 1. The maximum absolute atomic E-state index is 13.8. The molecule has 2 N–H and O–H groups in total. The first-order chi connectivity index (χ1) is 17.5. The number of hydrogen-bond donors (Lipinski definition) is 2. The molecule has 6 nitrogen and oxygen atoms in total. The first-order valence-corrected chi connectivity index (χ1v) is 12.1. The van der Waals surface area contributed by atoms with Gasteiger partial charge < -0.3 is 19.8 Å². The number of hydrogen-bond acceptors (Lipinski definition) is 6. The number of ketones is 1. The van der Waals surface area contributed by atoms with Crippen molar-refractivity contribution < 1.29 is 13.9 Å². The summed E-state index contributed by atoms with van der Waals surface area (Å²) in [6.45, 7) is 1.94. The largest absolute Gasteiger partial charge is 0.497 e. The van der Waals surface area contributed by atoms with E-state index in [0.717, 1.165) is 33.9 Å². The van der Waals surface area contributed by atoms with Crippen molar-refractivity contribution in [1.29, 1.82) is 0 Å². The molecule has 2 aliphatic rings. The highest BCUT2D eigenvalue weighted by molar-refractivity contribution is 6.01. The zero-order chi connectivity index (χ0) is 24.8. The van der Waals surface area contributed by atoms with Crippen LogP contribution in [-0.2, 0) is 4.79 Å². The van der Waals surface area contributed by atoms with Crippen LogP contribution in [0.1, 0.15) is 41.5 Å². The van der Waals surface area contributed by atoms with E-state index in [9.17, 15) is 9.59 Å². The Morgan fingerprint density at radius 2 is 1.72 bits per heavy atom. The third kappa shape index (κ3) is 3.75. The van der Waals surface area contributed by atoms with Crippen LogP contribution in [-0.4, -0.2) is 12.9 Å². The van der Waals surface area contributed by atoms with Crippen LogP contribution < -0.4 is 20.8 Å². The van der Waals surface area contributed by atoms with Crippen molar-refractivity contribution in [3.8, 4) is 5.75 Å². The minimum absolute atomic E-state index is 0.0126. The third-order valence-electron chi connectivity index (χ3n) is 7.16. The number of rotatable bonds is 3. The van der Waals surface area contributed by atoms with Gasteiger partial charge in [-0.1, -0.05) is 35.9 Å². The van der Waals surface area contributed by atoms with Gasteiger partial charge in [0.25, 0.3) is 0 Å². The molecule has 0 spiro atoms. The van der Waals surface area contributed by atoms with Crippen LogP contribution in [0.5, 0.6) is 5.75 Å². The number of Topliss-reactive ketones (excluding diaryl/α,β-unsaturated/α-hetero) is 1. The summed E-state index contributed by atoms with van der Waals surface area (Å²) in [4.78, 5) is 27.4. The fourth-order valence-corrected chi connectivity index (χ4v) is 5.30. The number of benzene rings is 3. The van der Waals surface area contributed by atoms with Crippen LogP contribution in [0.25, 0.3) is 11.0 Å². The molecule has 36 heavy (non-hydrogen) atoms. The first-order valence-electron chi connectivity index (χ1n) is 12.1. The molecule has 0 amide bonds. The molecular formula is C30H26N2O4. The van der Waals surface area contributed by atoms with Gasteiger partial charge in [-0.05, 0) is 61.2 Å². The molecule has 4 aromatic rings. The predicted octanol–water partition coefficient (Wildman–Crippen LogP) is 6.09. The molecule has 2 unspecified atom stereocenters. The van der Waals surface area contributed by atoms with E-state index in [-0.39, 0.29) is 17.1 Å². The average molecular weight is 479 g/mol. The number of methoxy groups -OCH3 is 1. The normalized spacial score (nSPS) is 19.1. The maximum Gasteiger partial charge on any atom is 0.198 e. The lowest BCUT2D eigenvalue weighted by Gasteiger charge is -2.29. The summed E-state index contributed by atoms with van der Waals surface area (Å²) in [5.41, 5.74) is 6.01. The van der Waals surface area contributed by atoms with Gasteiger partial charge in [0.05, 0.1) is 35.5 Å². The molecule has 0 fully saturated rings. The Morgan fingerprint density at radius 1 is 0.944 bits per heavy atom. The van der Waals surface area contributed by atoms with Crippen molar-refractivity contribution in [3.05, 3.63) is 111 Å². The van der Waals surface area contributed by atoms with Gasteiger partial charge in [0, 0.05) is 17.7 Å². The van der Waals surface area contributed by atoms with E-state index in [1.165, 1.54) is 6.26 Å². The number of fused-ring (bicyclic) bond motifs is 2. The molecule has 2 heterocycles. The topological polar surface area (TPSA) is 80.6 Å². The Kier molecular flexibility index (Phi) is 5.37. The molecule has 6 heteroatoms. The highest BCUT2D eigenvalue weighted by Gasteiger charge is 2.37. The number of para-hydroxylation sites is 2. The smallest absolute Gasteiger partial charge is 0.198 e. The van der Waals surface area contributed by atoms with Gasteiger partial charge in [0.15, 0.2) is 11.2 Å². The first kappa shape index (κ1) is 22.2. The summed E-state index contributed by atoms with van der Waals surface area (Å²) in [6, 6.07) is 20.6. The molecule has 6 rings (SSSR count). The second-order valence-electron chi connectivity index (χ2n) is 9.46. The van der Waals surface area contributed by atoms with E-state index < -0.39 is 6.04 Å². The SMILES string of the molecule is COc1ccc(C2CC(=O)C3=C(C2)Nc2ccccc2NC3c2coc3ccc(C)cc3c2=O)cc1. The van der Waals surface area contributed by atoms with Crippen LogP contribution in [0.15, 0.2) is 93.5 Å². The number of carbonyl (C=O) groups is 1. The van der Waals surface area contributed by atoms with Crippen LogP contribution in [0.2, 0.25) is 0 Å². The molecule has 1 aliphatic heterocycles. The second-order valence-corrected chi connectivity index (χ2v) is 9.46. The minimum atomic E-state index is -0.623. The zero-order valence-corrected chi connectivity index (χ0v) is 20.1. The molecule has 0 saturated heterocycles. The van der Waals surface area contributed by atoms with Crippen LogP contribution in [0, 0.1) is 6.92 Å². The summed E-state index contributed by atoms with van der Waals surface area (Å²) in [5, 5.41) is 7.51. The Morgan fingerprint density at radius 3 is 2.50 bits per heavy atom. The van der Waals surface area contributed by atoms with Crippen molar-refractivity contribution in [1.82, 2.24) is 0 Å². The Labute approximate surface area is 208 Å². The van der Waals surface area contributed by atoms with E-state index in [0.29, 0.717) is 34.9 Å². The standard InChI is InChI=1S/C30H26N2O4/c1-17-7-12-27-21(13-17)30(34)22(16-36-27)29-28-25(31-23-5-3-4-6-24(23)32-29)14-19(15-26(28)33)18-8-10-20(35-2)11-9-18/h3-13,16,19,29,31-32H,14-15H2,1-2H3. The monoisotopic (exact) mass is 478 g/mol. The van der Waals surface area contributed by atoms with Gasteiger partial charge in [0.2, 0.25) is 0 Å². The van der Waals surface area contributed by atoms with Crippen LogP contribution in [0.4, 0.5) is 11.4 Å². The van der Waals surface area contributed by atoms with Crippen molar-refractivity contribution in [2.75, 3.05) is 17.7 Å². The fraction of sp³-hybridized carbons (Fsp3) is 0.200. The highest BCUT2D eigenvalue weighted by Crippen LogP contribution is 2.44. The number of carbonyl (C=O) groups excluding carboxylic acids is 1. The molecule has 0 radical (unpaired) electrons. The van der Waals surface area contributed by atoms with Crippen molar-refractivity contribution in [2.24, 2.45) is 0 Å². The lowest BCUT2D eigenvalue weighted by molar-refractivity contribution is -0.116. The second kappa shape index (κ2) is 8.72. The maximum atomic E-state index is 13.8. The predicted molar refractivity (Wildman–Crippen MR) is 141 cm³/mol. The molecule has 3 aromatic carbocycles. The van der Waals surface area contributed by atoms with Crippen molar-refractivity contribution in [2.45, 2.75) is 31.7 Å². The molecule has 0 saturated carbocycles.